The third-order valence-corrected chi connectivity index (χ3v) is 4.38. The summed E-state index contributed by atoms with van der Waals surface area (Å²) in [5, 5.41) is 2.61. The summed E-state index contributed by atoms with van der Waals surface area (Å²) in [6, 6.07) is 2.85. The molecule has 0 radical (unpaired) electrons. The fraction of sp³-hybridized carbons (Fsp3) is 0.222. The molecular formula is C9H10N2O3S2. The van der Waals surface area contributed by atoms with Gasteiger partial charge in [-0.15, -0.1) is 11.8 Å². The summed E-state index contributed by atoms with van der Waals surface area (Å²) in [4.78, 5) is 12.0. The molecular weight excluding hydrogens is 248 g/mol. The number of carbonyl (C=O) groups excluding carboxylic acids is 1. The molecule has 0 aromatic heterocycles. The molecule has 0 saturated heterocycles. The molecule has 1 amide bonds. The lowest BCUT2D eigenvalue weighted by Crippen LogP contribution is -2.19. The highest BCUT2D eigenvalue weighted by atomic mass is 32.2. The van der Waals surface area contributed by atoms with E-state index in [9.17, 15) is 13.2 Å². The van der Waals surface area contributed by atoms with Gasteiger partial charge in [-0.05, 0) is 12.1 Å². The Kier molecular flexibility index (Phi) is 2.59. The quantitative estimate of drug-likeness (QED) is 0.724. The number of anilines is 2. The van der Waals surface area contributed by atoms with Crippen molar-refractivity contribution in [1.82, 2.24) is 0 Å². The van der Waals surface area contributed by atoms with Crippen LogP contribution in [-0.4, -0.2) is 26.3 Å². The Balaban J connectivity index is 2.61. The fourth-order valence-electron chi connectivity index (χ4n) is 1.42. The van der Waals surface area contributed by atoms with E-state index >= 15 is 0 Å². The molecule has 0 fully saturated rings. The molecule has 3 N–H and O–H groups in total. The average Bonchev–Trinajstić information content (AvgIpc) is 2.15. The van der Waals surface area contributed by atoms with E-state index in [4.69, 9.17) is 5.73 Å². The van der Waals surface area contributed by atoms with Gasteiger partial charge in [0, 0.05) is 11.9 Å². The zero-order chi connectivity index (χ0) is 11.9. The van der Waals surface area contributed by atoms with Crippen LogP contribution in [0.15, 0.2) is 21.9 Å². The highest BCUT2D eigenvalue weighted by Crippen LogP contribution is 2.38. The van der Waals surface area contributed by atoms with Crippen molar-refractivity contribution in [1.29, 1.82) is 0 Å². The summed E-state index contributed by atoms with van der Waals surface area (Å²) < 4.78 is 22.8. The summed E-state index contributed by atoms with van der Waals surface area (Å²) in [5.41, 5.74) is 6.60. The Morgan fingerprint density at radius 1 is 1.44 bits per heavy atom. The van der Waals surface area contributed by atoms with Crippen molar-refractivity contribution in [2.75, 3.05) is 23.1 Å². The number of rotatable bonds is 1. The van der Waals surface area contributed by atoms with E-state index < -0.39 is 9.84 Å². The number of benzene rings is 1. The van der Waals surface area contributed by atoms with Gasteiger partial charge in [0.2, 0.25) is 5.91 Å². The van der Waals surface area contributed by atoms with E-state index in [2.05, 4.69) is 5.32 Å². The minimum Gasteiger partial charge on any atom is -0.398 e. The molecule has 1 aliphatic rings. The third kappa shape index (κ3) is 2.00. The van der Waals surface area contributed by atoms with Crippen LogP contribution in [0.1, 0.15) is 0 Å². The van der Waals surface area contributed by atoms with E-state index in [1.54, 1.807) is 0 Å². The zero-order valence-electron chi connectivity index (χ0n) is 8.48. The van der Waals surface area contributed by atoms with Gasteiger partial charge in [-0.1, -0.05) is 0 Å². The minimum atomic E-state index is -3.32. The lowest BCUT2D eigenvalue weighted by Gasteiger charge is -2.18. The number of amides is 1. The van der Waals surface area contributed by atoms with E-state index in [-0.39, 0.29) is 10.8 Å². The normalized spacial score (nSPS) is 15.4. The van der Waals surface area contributed by atoms with Crippen molar-refractivity contribution in [3.8, 4) is 0 Å². The van der Waals surface area contributed by atoms with Crippen molar-refractivity contribution in [3.63, 3.8) is 0 Å². The van der Waals surface area contributed by atoms with E-state index in [0.717, 1.165) is 11.2 Å². The van der Waals surface area contributed by atoms with Crippen LogP contribution in [-0.2, 0) is 14.6 Å². The second-order valence-corrected chi connectivity index (χ2v) is 6.50. The first-order valence-corrected chi connectivity index (χ1v) is 7.32. The standard InChI is InChI=1S/C9H10N2O3S2/c1-16(13,14)5-2-6(10)9-7(3-5)11-8(12)4-15-9/h2-3H,4,10H2,1H3,(H,11,12). The van der Waals surface area contributed by atoms with Gasteiger partial charge in [-0.2, -0.15) is 0 Å². The zero-order valence-corrected chi connectivity index (χ0v) is 10.1. The SMILES string of the molecule is CS(=O)(=O)c1cc(N)c2c(c1)NC(=O)CS2. The molecule has 5 nitrogen and oxygen atoms in total. The van der Waals surface area contributed by atoms with Gasteiger partial charge in [-0.3, -0.25) is 4.79 Å². The number of nitrogens with two attached hydrogens (primary N) is 1. The Labute approximate surface area is 97.3 Å². The number of hydrogen-bond acceptors (Lipinski definition) is 5. The lowest BCUT2D eigenvalue weighted by molar-refractivity contribution is -0.113. The van der Waals surface area contributed by atoms with Gasteiger partial charge in [0.1, 0.15) is 0 Å². The summed E-state index contributed by atoms with van der Waals surface area (Å²) in [7, 11) is -3.32. The number of thioether (sulfide) groups is 1. The topological polar surface area (TPSA) is 89.3 Å². The van der Waals surface area contributed by atoms with Crippen molar-refractivity contribution < 1.29 is 13.2 Å². The van der Waals surface area contributed by atoms with Crippen molar-refractivity contribution >= 4 is 38.9 Å². The second kappa shape index (κ2) is 3.67. The van der Waals surface area contributed by atoms with Crippen molar-refractivity contribution in [2.45, 2.75) is 9.79 Å². The third-order valence-electron chi connectivity index (χ3n) is 2.14. The monoisotopic (exact) mass is 258 g/mol. The van der Waals surface area contributed by atoms with Gasteiger partial charge in [0.15, 0.2) is 9.84 Å². The predicted octanol–water partition coefficient (Wildman–Crippen LogP) is 0.717. The maximum absolute atomic E-state index is 11.4. The number of nitrogen functional groups attached to an aromatic ring is 1. The fourth-order valence-corrected chi connectivity index (χ4v) is 2.93. The second-order valence-electron chi connectivity index (χ2n) is 3.50. The average molecular weight is 258 g/mol. The molecule has 0 bridgehead atoms. The van der Waals surface area contributed by atoms with E-state index in [1.165, 1.54) is 23.9 Å². The van der Waals surface area contributed by atoms with Crippen LogP contribution in [0.4, 0.5) is 11.4 Å². The molecule has 1 aliphatic heterocycles. The Bertz CT molecular complexity index is 566. The molecule has 0 atom stereocenters. The van der Waals surface area contributed by atoms with Crippen LogP contribution >= 0.6 is 11.8 Å². The number of nitrogens with one attached hydrogen (secondary N) is 1. The molecule has 1 aromatic carbocycles. The molecule has 1 aromatic rings. The Hall–Kier alpha value is -1.21. The maximum Gasteiger partial charge on any atom is 0.234 e. The van der Waals surface area contributed by atoms with E-state index in [1.807, 2.05) is 0 Å². The number of fused-ring (bicyclic) bond motifs is 1. The largest absolute Gasteiger partial charge is 0.398 e. The first kappa shape index (κ1) is 11.3. The van der Waals surface area contributed by atoms with Gasteiger partial charge >= 0.3 is 0 Å². The van der Waals surface area contributed by atoms with Crippen LogP contribution in [0, 0.1) is 0 Å². The summed E-state index contributed by atoms with van der Waals surface area (Å²) in [6.45, 7) is 0. The number of hydrogen-bond donors (Lipinski definition) is 2. The Morgan fingerprint density at radius 2 is 2.12 bits per heavy atom. The molecule has 7 heteroatoms. The molecule has 0 saturated carbocycles. The first-order chi connectivity index (χ1) is 7.38. The molecule has 0 aliphatic carbocycles. The van der Waals surface area contributed by atoms with Crippen LogP contribution in [0.5, 0.6) is 0 Å². The number of carbonyl (C=O) groups is 1. The number of sulfone groups is 1. The van der Waals surface area contributed by atoms with Crippen LogP contribution < -0.4 is 11.1 Å². The molecule has 16 heavy (non-hydrogen) atoms. The summed E-state index contributed by atoms with van der Waals surface area (Å²) in [5.74, 6) is 0.151. The van der Waals surface area contributed by atoms with E-state index in [0.29, 0.717) is 17.1 Å². The van der Waals surface area contributed by atoms with Crippen molar-refractivity contribution in [2.24, 2.45) is 0 Å². The van der Waals surface area contributed by atoms with Crippen LogP contribution in [0.2, 0.25) is 0 Å². The predicted molar refractivity (Wildman–Crippen MR) is 63.3 cm³/mol. The van der Waals surface area contributed by atoms with Gasteiger partial charge in [-0.25, -0.2) is 8.42 Å². The molecule has 86 valence electrons. The summed E-state index contributed by atoms with van der Waals surface area (Å²) >= 11 is 1.31. The van der Waals surface area contributed by atoms with Crippen LogP contribution in [0.25, 0.3) is 0 Å². The Morgan fingerprint density at radius 3 is 2.75 bits per heavy atom. The maximum atomic E-state index is 11.4. The minimum absolute atomic E-state index is 0.117. The van der Waals surface area contributed by atoms with Gasteiger partial charge in [0.05, 0.1) is 21.2 Å². The summed E-state index contributed by atoms with van der Waals surface area (Å²) in [6.07, 6.45) is 1.10. The van der Waals surface area contributed by atoms with Crippen molar-refractivity contribution in [3.05, 3.63) is 12.1 Å². The van der Waals surface area contributed by atoms with Gasteiger partial charge < -0.3 is 11.1 Å². The van der Waals surface area contributed by atoms with Crippen LogP contribution in [0.3, 0.4) is 0 Å². The molecule has 0 unspecified atom stereocenters. The molecule has 1 heterocycles. The molecule has 2 rings (SSSR count). The van der Waals surface area contributed by atoms with Gasteiger partial charge in [0.25, 0.3) is 0 Å². The highest BCUT2D eigenvalue weighted by molar-refractivity contribution is 8.00. The smallest absolute Gasteiger partial charge is 0.234 e. The molecule has 0 spiro atoms. The first-order valence-electron chi connectivity index (χ1n) is 4.44. The lowest BCUT2D eigenvalue weighted by atomic mass is 10.2. The highest BCUT2D eigenvalue weighted by Gasteiger charge is 2.20.